The second-order valence-electron chi connectivity index (χ2n) is 5.15. The molecule has 3 nitrogen and oxygen atoms in total. The van der Waals surface area contributed by atoms with Crippen molar-refractivity contribution in [3.05, 3.63) is 28.8 Å². The Kier molecular flexibility index (Phi) is 4.02. The van der Waals surface area contributed by atoms with Crippen LogP contribution in [0.5, 0.6) is 0 Å². The molecule has 1 aromatic rings. The van der Waals surface area contributed by atoms with Crippen LogP contribution in [0, 0.1) is 20.8 Å². The molecular formula is C15H22N2O. The predicted molar refractivity (Wildman–Crippen MR) is 75.1 cm³/mol. The van der Waals surface area contributed by atoms with Crippen LogP contribution in [0.2, 0.25) is 0 Å². The Balaban J connectivity index is 2.36. The molecule has 1 aliphatic rings. The number of nitrogens with one attached hydrogen (secondary N) is 1. The highest BCUT2D eigenvalue weighted by Gasteiger charge is 2.20. The average Bonchev–Trinajstić information content (AvgIpc) is 2.26. The quantitative estimate of drug-likeness (QED) is 0.825. The summed E-state index contributed by atoms with van der Waals surface area (Å²) in [6, 6.07) is 4.31. The van der Waals surface area contributed by atoms with Crippen LogP contribution in [0.1, 0.15) is 29.5 Å². The van der Waals surface area contributed by atoms with Crippen molar-refractivity contribution in [1.29, 1.82) is 0 Å². The van der Waals surface area contributed by atoms with Crippen molar-refractivity contribution in [1.82, 2.24) is 5.32 Å². The third-order valence-corrected chi connectivity index (χ3v) is 3.46. The van der Waals surface area contributed by atoms with Crippen molar-refractivity contribution in [3.63, 3.8) is 0 Å². The van der Waals surface area contributed by atoms with Crippen LogP contribution in [-0.2, 0) is 4.79 Å². The van der Waals surface area contributed by atoms with Gasteiger partial charge >= 0.3 is 0 Å². The summed E-state index contributed by atoms with van der Waals surface area (Å²) < 4.78 is 0. The normalized spacial score (nSPS) is 17.5. The molecule has 1 amide bonds. The molecule has 3 heteroatoms. The Bertz CT molecular complexity index is 431. The second kappa shape index (κ2) is 5.53. The number of hydrogen-bond acceptors (Lipinski definition) is 2. The molecule has 0 radical (unpaired) electrons. The van der Waals surface area contributed by atoms with Crippen LogP contribution in [0.3, 0.4) is 0 Å². The van der Waals surface area contributed by atoms with Gasteiger partial charge in [0.2, 0.25) is 5.91 Å². The molecule has 0 saturated carbocycles. The Morgan fingerprint density at radius 3 is 2.44 bits per heavy atom. The van der Waals surface area contributed by atoms with Gasteiger partial charge in [0, 0.05) is 25.2 Å². The largest absolute Gasteiger partial charge is 0.315 e. The van der Waals surface area contributed by atoms with Gasteiger partial charge in [-0.15, -0.1) is 0 Å². The third-order valence-electron chi connectivity index (χ3n) is 3.46. The first-order chi connectivity index (χ1) is 8.59. The zero-order valence-electron chi connectivity index (χ0n) is 11.5. The zero-order valence-corrected chi connectivity index (χ0v) is 11.5. The van der Waals surface area contributed by atoms with Crippen LogP contribution in [0.4, 0.5) is 5.69 Å². The van der Waals surface area contributed by atoms with E-state index in [1.54, 1.807) is 0 Å². The van der Waals surface area contributed by atoms with Crippen molar-refractivity contribution >= 4 is 11.6 Å². The Hall–Kier alpha value is -1.35. The van der Waals surface area contributed by atoms with Gasteiger partial charge in [-0.25, -0.2) is 0 Å². The van der Waals surface area contributed by atoms with E-state index in [1.165, 1.54) is 16.7 Å². The van der Waals surface area contributed by atoms with E-state index in [9.17, 15) is 4.79 Å². The minimum atomic E-state index is 0.256. The summed E-state index contributed by atoms with van der Waals surface area (Å²) in [6.45, 7) is 8.87. The Morgan fingerprint density at radius 2 is 1.78 bits per heavy atom. The molecule has 1 saturated heterocycles. The minimum absolute atomic E-state index is 0.256. The average molecular weight is 246 g/mol. The lowest BCUT2D eigenvalue weighted by atomic mass is 10.0. The van der Waals surface area contributed by atoms with Gasteiger partial charge in [-0.05, 0) is 44.9 Å². The Labute approximate surface area is 109 Å². The fourth-order valence-corrected chi connectivity index (χ4v) is 2.77. The number of rotatable bonds is 1. The van der Waals surface area contributed by atoms with Gasteiger partial charge < -0.3 is 10.2 Å². The molecule has 2 rings (SSSR count). The highest BCUT2D eigenvalue weighted by Crippen LogP contribution is 2.27. The van der Waals surface area contributed by atoms with Gasteiger partial charge in [-0.3, -0.25) is 4.79 Å². The summed E-state index contributed by atoms with van der Waals surface area (Å²) in [7, 11) is 0. The monoisotopic (exact) mass is 246 g/mol. The number of carbonyl (C=O) groups is 1. The number of hydrogen-bond donors (Lipinski definition) is 1. The van der Waals surface area contributed by atoms with Crippen molar-refractivity contribution in [2.24, 2.45) is 0 Å². The summed E-state index contributed by atoms with van der Waals surface area (Å²) in [4.78, 5) is 14.2. The van der Waals surface area contributed by atoms with Crippen molar-refractivity contribution in [2.75, 3.05) is 24.5 Å². The topological polar surface area (TPSA) is 32.3 Å². The van der Waals surface area contributed by atoms with Gasteiger partial charge in [0.1, 0.15) is 0 Å². The molecule has 18 heavy (non-hydrogen) atoms. The van der Waals surface area contributed by atoms with E-state index in [0.29, 0.717) is 6.42 Å². The molecule has 1 heterocycles. The van der Waals surface area contributed by atoms with Crippen molar-refractivity contribution in [2.45, 2.75) is 33.6 Å². The molecule has 1 aromatic carbocycles. The molecule has 1 N–H and O–H groups in total. The van der Waals surface area contributed by atoms with Gasteiger partial charge in [0.15, 0.2) is 0 Å². The van der Waals surface area contributed by atoms with E-state index in [4.69, 9.17) is 0 Å². The highest BCUT2D eigenvalue weighted by molar-refractivity contribution is 5.95. The van der Waals surface area contributed by atoms with Gasteiger partial charge in [0.25, 0.3) is 0 Å². The van der Waals surface area contributed by atoms with E-state index < -0.39 is 0 Å². The smallest absolute Gasteiger partial charge is 0.227 e. The van der Waals surface area contributed by atoms with E-state index in [1.807, 2.05) is 4.90 Å². The van der Waals surface area contributed by atoms with E-state index in [-0.39, 0.29) is 5.91 Å². The lowest BCUT2D eigenvalue weighted by Crippen LogP contribution is -2.40. The van der Waals surface area contributed by atoms with Gasteiger partial charge in [-0.1, -0.05) is 17.7 Å². The molecule has 1 fully saturated rings. The molecule has 0 spiro atoms. The van der Waals surface area contributed by atoms with Crippen LogP contribution in [-0.4, -0.2) is 25.5 Å². The summed E-state index contributed by atoms with van der Waals surface area (Å²) in [6.07, 6.45) is 1.57. The van der Waals surface area contributed by atoms with Crippen molar-refractivity contribution < 1.29 is 4.79 Å². The van der Waals surface area contributed by atoms with Gasteiger partial charge in [-0.2, -0.15) is 0 Å². The van der Waals surface area contributed by atoms with Crippen LogP contribution in [0.15, 0.2) is 12.1 Å². The van der Waals surface area contributed by atoms with Crippen LogP contribution >= 0.6 is 0 Å². The lowest BCUT2D eigenvalue weighted by Gasteiger charge is -2.28. The lowest BCUT2D eigenvalue weighted by molar-refractivity contribution is -0.118. The molecule has 98 valence electrons. The maximum atomic E-state index is 12.3. The van der Waals surface area contributed by atoms with E-state index in [2.05, 4.69) is 38.2 Å². The first-order valence-corrected chi connectivity index (χ1v) is 6.68. The number of amides is 1. The summed E-state index contributed by atoms with van der Waals surface area (Å²) in [5, 5.41) is 3.36. The molecule has 0 unspecified atom stereocenters. The fourth-order valence-electron chi connectivity index (χ4n) is 2.77. The molecule has 0 aromatic heterocycles. The van der Waals surface area contributed by atoms with Crippen molar-refractivity contribution in [3.8, 4) is 0 Å². The molecular weight excluding hydrogens is 224 g/mol. The molecule has 0 aliphatic carbocycles. The van der Waals surface area contributed by atoms with E-state index >= 15 is 0 Å². The third kappa shape index (κ3) is 2.72. The van der Waals surface area contributed by atoms with Crippen LogP contribution < -0.4 is 10.2 Å². The second-order valence-corrected chi connectivity index (χ2v) is 5.15. The first-order valence-electron chi connectivity index (χ1n) is 6.68. The van der Waals surface area contributed by atoms with Gasteiger partial charge in [0.05, 0.1) is 0 Å². The number of benzene rings is 1. The van der Waals surface area contributed by atoms with Crippen LogP contribution in [0.25, 0.3) is 0 Å². The first kappa shape index (κ1) is 13.1. The van der Waals surface area contributed by atoms with E-state index in [0.717, 1.165) is 31.7 Å². The molecule has 0 bridgehead atoms. The predicted octanol–water partition coefficient (Wildman–Crippen LogP) is 2.33. The number of anilines is 1. The summed E-state index contributed by atoms with van der Waals surface area (Å²) in [5.74, 6) is 0.256. The summed E-state index contributed by atoms with van der Waals surface area (Å²) in [5.41, 5.74) is 4.75. The standard InChI is InChI=1S/C15H22N2O/c1-11-9-12(2)15(13(3)10-11)17-8-7-16-6-4-5-14(17)18/h9-10,16H,4-8H2,1-3H3. The number of carbonyl (C=O) groups excluding carboxylic acids is 1. The zero-order chi connectivity index (χ0) is 13.1. The number of aryl methyl sites for hydroxylation is 3. The fraction of sp³-hybridized carbons (Fsp3) is 0.533. The SMILES string of the molecule is Cc1cc(C)c(N2CCNCCCC2=O)c(C)c1. The Morgan fingerprint density at radius 1 is 1.11 bits per heavy atom. The minimum Gasteiger partial charge on any atom is -0.315 e. The highest BCUT2D eigenvalue weighted by atomic mass is 16.2. The number of nitrogens with zero attached hydrogens (tertiary/aromatic N) is 1. The summed E-state index contributed by atoms with van der Waals surface area (Å²) >= 11 is 0. The molecule has 1 aliphatic heterocycles. The maximum Gasteiger partial charge on any atom is 0.227 e. The maximum absolute atomic E-state index is 12.3. The molecule has 0 atom stereocenters.